The molecule has 188 valence electrons. The van der Waals surface area contributed by atoms with Crippen LogP contribution in [0.5, 0.6) is 0 Å². The van der Waals surface area contributed by atoms with Gasteiger partial charge >= 0.3 is 0 Å². The summed E-state index contributed by atoms with van der Waals surface area (Å²) in [6, 6.07) is 14.3. The topological polar surface area (TPSA) is 70.9 Å². The van der Waals surface area contributed by atoms with Crippen molar-refractivity contribution in [1.29, 1.82) is 0 Å². The molecule has 1 saturated heterocycles. The highest BCUT2D eigenvalue weighted by Crippen LogP contribution is 2.27. The van der Waals surface area contributed by atoms with Crippen LogP contribution in [0, 0.1) is 17.0 Å². The van der Waals surface area contributed by atoms with Crippen LogP contribution in [0.15, 0.2) is 42.5 Å². The summed E-state index contributed by atoms with van der Waals surface area (Å²) < 4.78 is 6.21. The van der Waals surface area contributed by atoms with Gasteiger partial charge in [-0.15, -0.1) is 0 Å². The Kier molecular flexibility index (Phi) is 8.57. The Morgan fingerprint density at radius 3 is 2.49 bits per heavy atom. The summed E-state index contributed by atoms with van der Waals surface area (Å²) in [7, 11) is 0. The molecule has 35 heavy (non-hydrogen) atoms. The molecule has 1 heterocycles. The lowest BCUT2D eigenvalue weighted by molar-refractivity contribution is -0.385. The Labute approximate surface area is 213 Å². The fourth-order valence-electron chi connectivity index (χ4n) is 5.16. The first-order valence-corrected chi connectivity index (χ1v) is 13.1. The van der Waals surface area contributed by atoms with Gasteiger partial charge < -0.3 is 19.9 Å². The first-order chi connectivity index (χ1) is 16.9. The Balaban J connectivity index is 1.17. The molecule has 1 aliphatic heterocycles. The number of benzene rings is 2. The molecule has 0 unspecified atom stereocenters. The van der Waals surface area contributed by atoms with Crippen molar-refractivity contribution in [3.05, 3.63) is 63.7 Å². The number of rotatable bonds is 8. The van der Waals surface area contributed by atoms with E-state index in [4.69, 9.17) is 17.0 Å². The lowest BCUT2D eigenvalue weighted by Gasteiger charge is -2.38. The Morgan fingerprint density at radius 1 is 1.11 bits per heavy atom. The van der Waals surface area contributed by atoms with Crippen LogP contribution in [0.3, 0.4) is 0 Å². The summed E-state index contributed by atoms with van der Waals surface area (Å²) in [5, 5.41) is 14.6. The van der Waals surface area contributed by atoms with E-state index in [1.165, 1.54) is 11.3 Å². The van der Waals surface area contributed by atoms with E-state index in [9.17, 15) is 10.1 Å². The molecule has 0 radical (unpaired) electrons. The van der Waals surface area contributed by atoms with Crippen LogP contribution in [0.2, 0.25) is 0 Å². The Bertz CT molecular complexity index is 1030. The first-order valence-electron chi connectivity index (χ1n) is 12.7. The van der Waals surface area contributed by atoms with Gasteiger partial charge in [0, 0.05) is 55.2 Å². The molecule has 2 aromatic carbocycles. The molecular formula is C27H36N4O3S. The van der Waals surface area contributed by atoms with Gasteiger partial charge in [0.1, 0.15) is 4.99 Å². The SMILES string of the molecule is CCc1ccccc1N1CCN(C(=S)COC2CCC(Nc3ccc([N+](=O)[O-])c(C)c3)CC2)CC1. The van der Waals surface area contributed by atoms with Gasteiger partial charge in [-0.05, 0) is 62.8 Å². The fraction of sp³-hybridized carbons (Fsp3) is 0.519. The van der Waals surface area contributed by atoms with Crippen molar-refractivity contribution < 1.29 is 9.66 Å². The van der Waals surface area contributed by atoms with E-state index in [2.05, 4.69) is 46.3 Å². The number of thiocarbonyl (C=S) groups is 1. The second-order valence-electron chi connectivity index (χ2n) is 9.54. The molecule has 7 nitrogen and oxygen atoms in total. The van der Waals surface area contributed by atoms with E-state index in [0.717, 1.165) is 69.0 Å². The average molecular weight is 497 g/mol. The molecule has 0 bridgehead atoms. The molecule has 0 amide bonds. The third-order valence-electron chi connectivity index (χ3n) is 7.23. The van der Waals surface area contributed by atoms with Crippen molar-refractivity contribution in [3.8, 4) is 0 Å². The molecule has 0 spiro atoms. The van der Waals surface area contributed by atoms with Gasteiger partial charge in [0.05, 0.1) is 17.6 Å². The Hall–Kier alpha value is -2.71. The van der Waals surface area contributed by atoms with Crippen molar-refractivity contribution in [2.24, 2.45) is 0 Å². The predicted molar refractivity (Wildman–Crippen MR) is 146 cm³/mol. The zero-order chi connectivity index (χ0) is 24.8. The van der Waals surface area contributed by atoms with Gasteiger partial charge in [0.2, 0.25) is 0 Å². The van der Waals surface area contributed by atoms with E-state index >= 15 is 0 Å². The van der Waals surface area contributed by atoms with Crippen molar-refractivity contribution in [2.75, 3.05) is 43.0 Å². The summed E-state index contributed by atoms with van der Waals surface area (Å²) in [6.45, 7) is 8.34. The van der Waals surface area contributed by atoms with Crippen molar-refractivity contribution >= 4 is 34.3 Å². The van der Waals surface area contributed by atoms with E-state index < -0.39 is 0 Å². The summed E-state index contributed by atoms with van der Waals surface area (Å²) in [5.41, 5.74) is 4.54. The fourth-order valence-corrected chi connectivity index (χ4v) is 5.41. The van der Waals surface area contributed by atoms with E-state index in [0.29, 0.717) is 18.2 Å². The molecule has 1 N–H and O–H groups in total. The molecule has 2 aliphatic rings. The van der Waals surface area contributed by atoms with Gasteiger partial charge in [-0.1, -0.05) is 37.3 Å². The third kappa shape index (κ3) is 6.49. The summed E-state index contributed by atoms with van der Waals surface area (Å²) in [6.07, 6.45) is 5.31. The van der Waals surface area contributed by atoms with Gasteiger partial charge in [-0.25, -0.2) is 0 Å². The monoisotopic (exact) mass is 496 g/mol. The predicted octanol–water partition coefficient (Wildman–Crippen LogP) is 5.35. The minimum Gasteiger partial charge on any atom is -0.382 e. The van der Waals surface area contributed by atoms with Crippen LogP contribution in [-0.2, 0) is 11.2 Å². The smallest absolute Gasteiger partial charge is 0.272 e. The first kappa shape index (κ1) is 25.4. The van der Waals surface area contributed by atoms with E-state index in [1.807, 2.05) is 6.07 Å². The quantitative estimate of drug-likeness (QED) is 0.300. The maximum absolute atomic E-state index is 11.0. The largest absolute Gasteiger partial charge is 0.382 e. The number of nitrogens with one attached hydrogen (secondary N) is 1. The molecule has 4 rings (SSSR count). The molecule has 0 atom stereocenters. The van der Waals surface area contributed by atoms with Gasteiger partial charge in [0.15, 0.2) is 0 Å². The third-order valence-corrected chi connectivity index (χ3v) is 7.60. The number of anilines is 2. The number of piperazine rings is 1. The van der Waals surface area contributed by atoms with Gasteiger partial charge in [-0.2, -0.15) is 0 Å². The zero-order valence-corrected chi connectivity index (χ0v) is 21.6. The number of ether oxygens (including phenoxy) is 1. The highest BCUT2D eigenvalue weighted by atomic mass is 32.1. The highest BCUT2D eigenvalue weighted by molar-refractivity contribution is 7.80. The molecule has 2 fully saturated rings. The molecule has 1 saturated carbocycles. The van der Waals surface area contributed by atoms with Crippen molar-refractivity contribution in [2.45, 2.75) is 58.1 Å². The number of para-hydroxylation sites is 1. The molecule has 0 aromatic heterocycles. The minimum atomic E-state index is -0.336. The summed E-state index contributed by atoms with van der Waals surface area (Å²) >= 11 is 5.72. The van der Waals surface area contributed by atoms with Crippen LogP contribution in [0.1, 0.15) is 43.7 Å². The van der Waals surface area contributed by atoms with Crippen LogP contribution in [0.4, 0.5) is 17.1 Å². The van der Waals surface area contributed by atoms with Crippen LogP contribution in [0.25, 0.3) is 0 Å². The van der Waals surface area contributed by atoms with Crippen molar-refractivity contribution in [1.82, 2.24) is 4.90 Å². The molecule has 2 aromatic rings. The van der Waals surface area contributed by atoms with Crippen LogP contribution >= 0.6 is 12.2 Å². The average Bonchev–Trinajstić information content (AvgIpc) is 2.88. The van der Waals surface area contributed by atoms with Crippen molar-refractivity contribution in [3.63, 3.8) is 0 Å². The lowest BCUT2D eigenvalue weighted by Crippen LogP contribution is -2.49. The molecule has 1 aliphatic carbocycles. The molecule has 8 heteroatoms. The lowest BCUT2D eigenvalue weighted by atomic mass is 9.92. The van der Waals surface area contributed by atoms with E-state index in [-0.39, 0.29) is 16.7 Å². The normalized spacial score (nSPS) is 20.5. The minimum absolute atomic E-state index is 0.163. The Morgan fingerprint density at radius 2 is 1.83 bits per heavy atom. The second kappa shape index (κ2) is 11.8. The number of nitro groups is 1. The van der Waals surface area contributed by atoms with E-state index in [1.54, 1.807) is 19.1 Å². The standard InChI is InChI=1S/C27H36N4O3S/c1-3-21-6-4-5-7-26(21)29-14-16-30(17-15-29)27(35)19-34-24-11-8-22(9-12-24)28-23-10-13-25(31(32)33)20(2)18-23/h4-7,10,13,18,22,24,28H,3,8-9,11-12,14-17,19H2,1-2H3. The van der Waals surface area contributed by atoms with Gasteiger partial charge in [-0.3, -0.25) is 10.1 Å². The second-order valence-corrected chi connectivity index (χ2v) is 10.0. The zero-order valence-electron chi connectivity index (χ0n) is 20.7. The molecular weight excluding hydrogens is 460 g/mol. The highest BCUT2D eigenvalue weighted by Gasteiger charge is 2.24. The van der Waals surface area contributed by atoms with Crippen LogP contribution < -0.4 is 10.2 Å². The summed E-state index contributed by atoms with van der Waals surface area (Å²) in [4.78, 5) is 16.4. The maximum Gasteiger partial charge on any atom is 0.272 e. The van der Waals surface area contributed by atoms with Crippen LogP contribution in [-0.4, -0.2) is 59.7 Å². The number of nitrogens with zero attached hydrogens (tertiary/aromatic N) is 3. The number of aryl methyl sites for hydroxylation is 2. The maximum atomic E-state index is 11.0. The number of nitro benzene ring substituents is 1. The number of hydrogen-bond donors (Lipinski definition) is 1. The number of hydrogen-bond acceptors (Lipinski definition) is 6. The van der Waals surface area contributed by atoms with Gasteiger partial charge in [0.25, 0.3) is 5.69 Å². The summed E-state index contributed by atoms with van der Waals surface area (Å²) in [5.74, 6) is 0.